The van der Waals surface area contributed by atoms with E-state index in [-0.39, 0.29) is 11.3 Å². The van der Waals surface area contributed by atoms with Gasteiger partial charge in [-0.1, -0.05) is 0 Å². The summed E-state index contributed by atoms with van der Waals surface area (Å²) in [7, 11) is 0. The maximum Gasteiger partial charge on any atom is 0.266 e. The van der Waals surface area contributed by atoms with Gasteiger partial charge in [-0.15, -0.1) is 11.3 Å². The Hall–Kier alpha value is -2.59. The molecular formula is C14H9F2N3OS. The Morgan fingerprint density at radius 1 is 1.48 bits per heavy atom. The predicted octanol–water partition coefficient (Wildman–Crippen LogP) is 3.28. The Morgan fingerprint density at radius 2 is 2.24 bits per heavy atom. The Bertz CT molecular complexity index is 762. The number of thiazole rings is 1. The lowest BCUT2D eigenvalue weighted by Gasteiger charge is -2.05. The van der Waals surface area contributed by atoms with Gasteiger partial charge in [0.15, 0.2) is 0 Å². The molecule has 7 heteroatoms. The zero-order chi connectivity index (χ0) is 15.4. The Labute approximate surface area is 123 Å². The van der Waals surface area contributed by atoms with Gasteiger partial charge in [0.1, 0.15) is 23.3 Å². The molecule has 0 saturated carbocycles. The van der Waals surface area contributed by atoms with Crippen LogP contribution in [0, 0.1) is 29.9 Å². The van der Waals surface area contributed by atoms with E-state index in [0.29, 0.717) is 11.8 Å². The van der Waals surface area contributed by atoms with Gasteiger partial charge in [-0.05, 0) is 25.1 Å². The summed E-state index contributed by atoms with van der Waals surface area (Å²) in [5, 5.41) is 13.7. The zero-order valence-electron chi connectivity index (χ0n) is 10.9. The van der Waals surface area contributed by atoms with Gasteiger partial charge in [0, 0.05) is 11.4 Å². The number of carbonyl (C=O) groups excluding carboxylic acids is 1. The maximum absolute atomic E-state index is 13.4. The van der Waals surface area contributed by atoms with E-state index in [4.69, 9.17) is 5.26 Å². The van der Waals surface area contributed by atoms with Crippen LogP contribution in [0.5, 0.6) is 0 Å². The van der Waals surface area contributed by atoms with Gasteiger partial charge in [0.2, 0.25) is 0 Å². The fraction of sp³-hybridized carbons (Fsp3) is 0.0714. The molecule has 1 amide bonds. The highest BCUT2D eigenvalue weighted by Crippen LogP contribution is 2.17. The van der Waals surface area contributed by atoms with Crippen LogP contribution in [0.2, 0.25) is 0 Å². The fourth-order valence-electron chi connectivity index (χ4n) is 1.52. The summed E-state index contributed by atoms with van der Waals surface area (Å²) in [6.07, 6.45) is 1.31. The highest BCUT2D eigenvalue weighted by molar-refractivity contribution is 7.09. The SMILES string of the molecule is Cc1nc(/C=C(\C#N)C(=O)Nc2ccc(F)cc2F)cs1. The van der Waals surface area contributed by atoms with Crippen molar-refractivity contribution in [3.05, 3.63) is 51.5 Å². The van der Waals surface area contributed by atoms with Crippen molar-refractivity contribution in [2.45, 2.75) is 6.92 Å². The lowest BCUT2D eigenvalue weighted by atomic mass is 10.2. The minimum atomic E-state index is -0.912. The highest BCUT2D eigenvalue weighted by Gasteiger charge is 2.13. The standard InChI is InChI=1S/C14H9F2N3OS/c1-8-18-11(7-21-8)4-9(6-17)14(20)19-13-3-2-10(15)5-12(13)16/h2-5,7H,1H3,(H,19,20)/b9-4+. The molecule has 0 aliphatic carbocycles. The Morgan fingerprint density at radius 3 is 2.81 bits per heavy atom. The molecule has 0 radical (unpaired) electrons. The van der Waals surface area contributed by atoms with Crippen molar-refractivity contribution >= 4 is 29.0 Å². The van der Waals surface area contributed by atoms with Crippen LogP contribution < -0.4 is 5.32 Å². The molecule has 106 valence electrons. The van der Waals surface area contributed by atoms with Gasteiger partial charge in [-0.3, -0.25) is 4.79 Å². The van der Waals surface area contributed by atoms with Gasteiger partial charge in [-0.25, -0.2) is 13.8 Å². The average molecular weight is 305 g/mol. The number of halogens is 2. The van der Waals surface area contributed by atoms with E-state index in [9.17, 15) is 13.6 Å². The molecule has 2 aromatic rings. The zero-order valence-corrected chi connectivity index (χ0v) is 11.7. The van der Waals surface area contributed by atoms with Gasteiger partial charge in [0.05, 0.1) is 16.4 Å². The number of nitrogens with one attached hydrogen (secondary N) is 1. The second-order valence-corrected chi connectivity index (χ2v) is 5.10. The number of hydrogen-bond donors (Lipinski definition) is 1. The first-order chi connectivity index (χ1) is 9.99. The van der Waals surface area contributed by atoms with Crippen LogP contribution in [0.1, 0.15) is 10.7 Å². The minimum Gasteiger partial charge on any atom is -0.319 e. The van der Waals surface area contributed by atoms with Gasteiger partial charge >= 0.3 is 0 Å². The lowest BCUT2D eigenvalue weighted by molar-refractivity contribution is -0.112. The summed E-state index contributed by atoms with van der Waals surface area (Å²) in [6.45, 7) is 1.79. The molecule has 4 nitrogen and oxygen atoms in total. The number of amides is 1. The normalized spacial score (nSPS) is 11.0. The average Bonchev–Trinajstić information content (AvgIpc) is 2.84. The van der Waals surface area contributed by atoms with Crippen molar-refractivity contribution in [1.29, 1.82) is 5.26 Å². The van der Waals surface area contributed by atoms with Gasteiger partial charge < -0.3 is 5.32 Å². The first kappa shape index (κ1) is 14.8. The summed E-state index contributed by atoms with van der Waals surface area (Å²) < 4.78 is 26.2. The van der Waals surface area contributed by atoms with Crippen LogP contribution >= 0.6 is 11.3 Å². The van der Waals surface area contributed by atoms with Crippen LogP contribution in [-0.4, -0.2) is 10.9 Å². The second kappa shape index (κ2) is 6.24. The number of anilines is 1. The monoisotopic (exact) mass is 305 g/mol. The number of benzene rings is 1. The van der Waals surface area contributed by atoms with E-state index in [0.717, 1.165) is 17.1 Å². The molecule has 2 rings (SSSR count). The van der Waals surface area contributed by atoms with E-state index >= 15 is 0 Å². The molecule has 1 aromatic carbocycles. The third-order valence-corrected chi connectivity index (χ3v) is 3.27. The van der Waals surface area contributed by atoms with Crippen LogP contribution in [0.4, 0.5) is 14.5 Å². The van der Waals surface area contributed by atoms with Crippen molar-refractivity contribution in [3.63, 3.8) is 0 Å². The van der Waals surface area contributed by atoms with E-state index in [1.807, 2.05) is 0 Å². The summed E-state index contributed by atoms with van der Waals surface area (Å²) in [5.74, 6) is -2.45. The van der Waals surface area contributed by atoms with Crippen LogP contribution in [0.15, 0.2) is 29.2 Å². The van der Waals surface area contributed by atoms with Gasteiger partial charge in [0.25, 0.3) is 5.91 Å². The van der Waals surface area contributed by atoms with Crippen LogP contribution in [0.25, 0.3) is 6.08 Å². The summed E-state index contributed by atoms with van der Waals surface area (Å²) >= 11 is 1.38. The second-order valence-electron chi connectivity index (χ2n) is 4.04. The number of rotatable bonds is 3. The molecule has 0 unspecified atom stereocenters. The Kier molecular flexibility index (Phi) is 4.40. The summed E-state index contributed by atoms with van der Waals surface area (Å²) in [4.78, 5) is 16.0. The molecule has 1 heterocycles. The molecule has 0 aliphatic heterocycles. The van der Waals surface area contributed by atoms with E-state index in [2.05, 4.69) is 10.3 Å². The highest BCUT2D eigenvalue weighted by atomic mass is 32.1. The van der Waals surface area contributed by atoms with Crippen molar-refractivity contribution in [2.75, 3.05) is 5.32 Å². The smallest absolute Gasteiger partial charge is 0.266 e. The molecule has 1 N–H and O–H groups in total. The predicted molar refractivity (Wildman–Crippen MR) is 75.4 cm³/mol. The largest absolute Gasteiger partial charge is 0.319 e. The quantitative estimate of drug-likeness (QED) is 0.699. The van der Waals surface area contributed by atoms with Crippen molar-refractivity contribution in [2.24, 2.45) is 0 Å². The molecule has 21 heavy (non-hydrogen) atoms. The molecule has 0 bridgehead atoms. The van der Waals surface area contributed by atoms with Crippen LogP contribution in [-0.2, 0) is 4.79 Å². The maximum atomic E-state index is 13.4. The van der Waals surface area contributed by atoms with E-state index in [1.54, 1.807) is 18.4 Å². The first-order valence-electron chi connectivity index (χ1n) is 5.80. The number of carbonyl (C=O) groups is 1. The molecule has 0 spiro atoms. The number of aromatic nitrogens is 1. The number of nitrogens with zero attached hydrogens (tertiary/aromatic N) is 2. The van der Waals surface area contributed by atoms with Gasteiger partial charge in [-0.2, -0.15) is 5.26 Å². The van der Waals surface area contributed by atoms with Crippen molar-refractivity contribution in [3.8, 4) is 6.07 Å². The minimum absolute atomic E-state index is 0.197. The van der Waals surface area contributed by atoms with Crippen molar-refractivity contribution < 1.29 is 13.6 Å². The third-order valence-electron chi connectivity index (χ3n) is 2.47. The molecular weight excluding hydrogens is 296 g/mol. The molecule has 0 aliphatic rings. The topological polar surface area (TPSA) is 65.8 Å². The molecule has 0 atom stereocenters. The number of hydrogen-bond acceptors (Lipinski definition) is 4. The van der Waals surface area contributed by atoms with Crippen molar-refractivity contribution in [1.82, 2.24) is 4.98 Å². The third kappa shape index (κ3) is 3.70. The van der Waals surface area contributed by atoms with E-state index in [1.165, 1.54) is 17.4 Å². The Balaban J connectivity index is 2.21. The molecule has 1 aromatic heterocycles. The fourth-order valence-corrected chi connectivity index (χ4v) is 2.09. The first-order valence-corrected chi connectivity index (χ1v) is 6.68. The lowest BCUT2D eigenvalue weighted by Crippen LogP contribution is -2.14. The summed E-state index contributed by atoms with van der Waals surface area (Å²) in [5.41, 5.74) is 0.0600. The molecule has 0 saturated heterocycles. The number of aryl methyl sites for hydroxylation is 1. The molecule has 0 fully saturated rings. The van der Waals surface area contributed by atoms with E-state index < -0.39 is 17.5 Å². The summed E-state index contributed by atoms with van der Waals surface area (Å²) in [6, 6.07) is 4.48. The van der Waals surface area contributed by atoms with Crippen LogP contribution in [0.3, 0.4) is 0 Å². The number of nitriles is 1.